The number of hydrogen-bond acceptors (Lipinski definition) is 2. The summed E-state index contributed by atoms with van der Waals surface area (Å²) in [6.07, 6.45) is 5.80. The van der Waals surface area contributed by atoms with Crippen LogP contribution in [-0.4, -0.2) is 19.7 Å². The molecule has 2 nitrogen and oxygen atoms in total. The van der Waals surface area contributed by atoms with E-state index in [1.165, 1.54) is 34.9 Å². The van der Waals surface area contributed by atoms with E-state index in [1.54, 1.807) is 0 Å². The number of nitrogens with one attached hydrogen (secondary N) is 1. The monoisotopic (exact) mass is 311 g/mol. The quantitative estimate of drug-likeness (QED) is 0.865. The zero-order chi connectivity index (χ0) is 13.0. The Kier molecular flexibility index (Phi) is 5.07. The van der Waals surface area contributed by atoms with Crippen LogP contribution in [0.3, 0.4) is 0 Å². The highest BCUT2D eigenvalue weighted by Crippen LogP contribution is 2.33. The first-order chi connectivity index (χ1) is 8.74. The molecule has 0 aliphatic carbocycles. The third-order valence-corrected chi connectivity index (χ3v) is 4.18. The van der Waals surface area contributed by atoms with Crippen molar-refractivity contribution in [1.29, 1.82) is 0 Å². The van der Waals surface area contributed by atoms with Crippen molar-refractivity contribution in [3.8, 4) is 5.75 Å². The molecule has 0 saturated carbocycles. The SMILES string of the molecule is CCC(CCCc1cc(Br)cc2c1OCC2)NC. The standard InChI is InChI=1S/C15H22BrNO/c1-3-14(17-2)6-4-5-11-9-13(16)10-12-7-8-18-15(11)12/h9-10,14,17H,3-8H2,1-2H3. The third kappa shape index (κ3) is 3.27. The van der Waals surface area contributed by atoms with E-state index in [2.05, 4.69) is 40.3 Å². The van der Waals surface area contributed by atoms with Crippen LogP contribution in [0.1, 0.15) is 37.3 Å². The number of ether oxygens (including phenoxy) is 1. The molecule has 0 fully saturated rings. The number of benzene rings is 1. The first-order valence-corrected chi connectivity index (χ1v) is 7.65. The Balaban J connectivity index is 1.97. The van der Waals surface area contributed by atoms with Gasteiger partial charge in [-0.25, -0.2) is 0 Å². The summed E-state index contributed by atoms with van der Waals surface area (Å²) >= 11 is 3.60. The molecule has 2 rings (SSSR count). The highest BCUT2D eigenvalue weighted by molar-refractivity contribution is 9.10. The van der Waals surface area contributed by atoms with Gasteiger partial charge in [-0.2, -0.15) is 0 Å². The molecule has 100 valence electrons. The zero-order valence-corrected chi connectivity index (χ0v) is 12.8. The molecule has 18 heavy (non-hydrogen) atoms. The van der Waals surface area contributed by atoms with Crippen LogP contribution in [0.25, 0.3) is 0 Å². The average molecular weight is 312 g/mol. The molecule has 0 amide bonds. The van der Waals surface area contributed by atoms with Crippen molar-refractivity contribution in [2.24, 2.45) is 0 Å². The van der Waals surface area contributed by atoms with Gasteiger partial charge in [-0.3, -0.25) is 0 Å². The number of hydrogen-bond donors (Lipinski definition) is 1. The van der Waals surface area contributed by atoms with Crippen LogP contribution in [0.2, 0.25) is 0 Å². The summed E-state index contributed by atoms with van der Waals surface area (Å²) in [6.45, 7) is 3.08. The minimum atomic E-state index is 0.645. The molecule has 1 aliphatic heterocycles. The van der Waals surface area contributed by atoms with Gasteiger partial charge >= 0.3 is 0 Å². The predicted molar refractivity (Wildman–Crippen MR) is 79.4 cm³/mol. The second-order valence-corrected chi connectivity index (χ2v) is 5.85. The summed E-state index contributed by atoms with van der Waals surface area (Å²) in [5.74, 6) is 1.15. The molecule has 0 spiro atoms. The van der Waals surface area contributed by atoms with Gasteiger partial charge in [0.25, 0.3) is 0 Å². The lowest BCUT2D eigenvalue weighted by Gasteiger charge is -2.14. The Labute approximate surface area is 118 Å². The lowest BCUT2D eigenvalue weighted by molar-refractivity contribution is 0.352. The van der Waals surface area contributed by atoms with Crippen molar-refractivity contribution in [3.63, 3.8) is 0 Å². The molecule has 0 saturated heterocycles. The first kappa shape index (κ1) is 13.9. The van der Waals surface area contributed by atoms with Gasteiger partial charge in [0.05, 0.1) is 6.61 Å². The van der Waals surface area contributed by atoms with E-state index < -0.39 is 0 Å². The molecule has 0 aromatic heterocycles. The molecule has 1 unspecified atom stereocenters. The maximum absolute atomic E-state index is 5.76. The summed E-state index contributed by atoms with van der Waals surface area (Å²) in [7, 11) is 2.05. The van der Waals surface area contributed by atoms with Crippen LogP contribution in [0.15, 0.2) is 16.6 Å². The van der Waals surface area contributed by atoms with Gasteiger partial charge in [-0.05, 0) is 56.0 Å². The molecular formula is C15H22BrNO. The van der Waals surface area contributed by atoms with Crippen molar-refractivity contribution in [1.82, 2.24) is 5.32 Å². The van der Waals surface area contributed by atoms with E-state index >= 15 is 0 Å². The van der Waals surface area contributed by atoms with E-state index in [0.29, 0.717) is 6.04 Å². The minimum Gasteiger partial charge on any atom is -0.493 e. The molecule has 0 radical (unpaired) electrons. The highest BCUT2D eigenvalue weighted by Gasteiger charge is 2.17. The van der Waals surface area contributed by atoms with Crippen LogP contribution in [0, 0.1) is 0 Å². The summed E-state index contributed by atoms with van der Waals surface area (Å²) in [5, 5.41) is 3.36. The van der Waals surface area contributed by atoms with Crippen LogP contribution in [-0.2, 0) is 12.8 Å². The summed E-state index contributed by atoms with van der Waals surface area (Å²) in [5.41, 5.74) is 2.72. The van der Waals surface area contributed by atoms with Gasteiger partial charge in [-0.15, -0.1) is 0 Å². The van der Waals surface area contributed by atoms with Crippen molar-refractivity contribution >= 4 is 15.9 Å². The third-order valence-electron chi connectivity index (χ3n) is 3.73. The number of fused-ring (bicyclic) bond motifs is 1. The fourth-order valence-corrected chi connectivity index (χ4v) is 3.18. The molecule has 1 aromatic carbocycles. The first-order valence-electron chi connectivity index (χ1n) is 6.86. The van der Waals surface area contributed by atoms with Crippen LogP contribution in [0.4, 0.5) is 0 Å². The second-order valence-electron chi connectivity index (χ2n) is 4.94. The summed E-state index contributed by atoms with van der Waals surface area (Å²) < 4.78 is 6.94. The molecule has 1 atom stereocenters. The fraction of sp³-hybridized carbons (Fsp3) is 0.600. The maximum Gasteiger partial charge on any atom is 0.125 e. The van der Waals surface area contributed by atoms with Gasteiger partial charge in [-0.1, -0.05) is 22.9 Å². The van der Waals surface area contributed by atoms with Gasteiger partial charge < -0.3 is 10.1 Å². The van der Waals surface area contributed by atoms with Gasteiger partial charge in [0.2, 0.25) is 0 Å². The molecule has 1 heterocycles. The van der Waals surface area contributed by atoms with Crippen molar-refractivity contribution in [3.05, 3.63) is 27.7 Å². The largest absolute Gasteiger partial charge is 0.493 e. The van der Waals surface area contributed by atoms with E-state index in [9.17, 15) is 0 Å². The lowest BCUT2D eigenvalue weighted by atomic mass is 10.0. The van der Waals surface area contributed by atoms with Crippen molar-refractivity contribution < 1.29 is 4.74 Å². The van der Waals surface area contributed by atoms with E-state index in [0.717, 1.165) is 25.2 Å². The molecule has 1 N–H and O–H groups in total. The van der Waals surface area contributed by atoms with Crippen molar-refractivity contribution in [2.75, 3.05) is 13.7 Å². The fourth-order valence-electron chi connectivity index (χ4n) is 2.62. The van der Waals surface area contributed by atoms with Gasteiger partial charge in [0.1, 0.15) is 5.75 Å². The summed E-state index contributed by atoms with van der Waals surface area (Å²) in [6, 6.07) is 5.05. The number of aryl methyl sites for hydroxylation is 1. The van der Waals surface area contributed by atoms with Crippen molar-refractivity contribution in [2.45, 2.75) is 45.1 Å². The van der Waals surface area contributed by atoms with E-state index in [-0.39, 0.29) is 0 Å². The van der Waals surface area contributed by atoms with Crippen LogP contribution in [0.5, 0.6) is 5.75 Å². The summed E-state index contributed by atoms with van der Waals surface area (Å²) in [4.78, 5) is 0. The Morgan fingerprint density at radius 2 is 2.28 bits per heavy atom. The maximum atomic E-state index is 5.76. The molecule has 1 aromatic rings. The molecular weight excluding hydrogens is 290 g/mol. The minimum absolute atomic E-state index is 0.645. The Bertz CT molecular complexity index is 402. The van der Waals surface area contributed by atoms with E-state index in [1.807, 2.05) is 7.05 Å². The second kappa shape index (κ2) is 6.58. The molecule has 1 aliphatic rings. The highest BCUT2D eigenvalue weighted by atomic mass is 79.9. The Morgan fingerprint density at radius 3 is 3.00 bits per heavy atom. The predicted octanol–water partition coefficient (Wildman–Crippen LogP) is 3.70. The normalized spacial score (nSPS) is 15.3. The Hall–Kier alpha value is -0.540. The molecule has 3 heteroatoms. The topological polar surface area (TPSA) is 21.3 Å². The van der Waals surface area contributed by atoms with E-state index in [4.69, 9.17) is 4.74 Å². The smallest absolute Gasteiger partial charge is 0.125 e. The average Bonchev–Trinajstić information content (AvgIpc) is 2.82. The molecule has 0 bridgehead atoms. The number of rotatable bonds is 6. The van der Waals surface area contributed by atoms with Crippen LogP contribution >= 0.6 is 15.9 Å². The van der Waals surface area contributed by atoms with Gasteiger partial charge in [0, 0.05) is 16.9 Å². The van der Waals surface area contributed by atoms with Crippen LogP contribution < -0.4 is 10.1 Å². The number of halogens is 1. The Morgan fingerprint density at radius 1 is 1.44 bits per heavy atom. The lowest BCUT2D eigenvalue weighted by Crippen LogP contribution is -2.23. The van der Waals surface area contributed by atoms with Gasteiger partial charge in [0.15, 0.2) is 0 Å². The zero-order valence-electron chi connectivity index (χ0n) is 11.3.